The highest BCUT2D eigenvalue weighted by Gasteiger charge is 2.15. The summed E-state index contributed by atoms with van der Waals surface area (Å²) in [5.74, 6) is 1.66. The van der Waals surface area contributed by atoms with Gasteiger partial charge in [0.2, 0.25) is 0 Å². The Kier molecular flexibility index (Phi) is 4.39. The number of aromatic nitrogens is 5. The number of benzene rings is 1. The fourth-order valence-corrected chi connectivity index (χ4v) is 3.66. The maximum absolute atomic E-state index is 4.63. The predicted molar refractivity (Wildman–Crippen MR) is 99.6 cm³/mol. The summed E-state index contributed by atoms with van der Waals surface area (Å²) >= 11 is 1.64. The van der Waals surface area contributed by atoms with Gasteiger partial charge in [0.05, 0.1) is 11.4 Å². The molecule has 0 amide bonds. The van der Waals surface area contributed by atoms with Crippen molar-refractivity contribution in [2.24, 2.45) is 0 Å². The van der Waals surface area contributed by atoms with Gasteiger partial charge in [-0.15, -0.1) is 11.3 Å². The van der Waals surface area contributed by atoms with Crippen LogP contribution in [0, 0.1) is 6.92 Å². The predicted octanol–water partition coefficient (Wildman–Crippen LogP) is 3.83. The first-order chi connectivity index (χ1) is 12.3. The van der Waals surface area contributed by atoms with Gasteiger partial charge in [-0.1, -0.05) is 30.3 Å². The largest absolute Gasteiger partial charge is 0.363 e. The maximum Gasteiger partial charge on any atom is 0.138 e. The van der Waals surface area contributed by atoms with Crippen LogP contribution in [0.3, 0.4) is 0 Å². The molecule has 25 heavy (non-hydrogen) atoms. The van der Waals surface area contributed by atoms with Crippen molar-refractivity contribution in [3.63, 3.8) is 0 Å². The molecule has 7 heteroatoms. The van der Waals surface area contributed by atoms with Crippen molar-refractivity contribution in [3.05, 3.63) is 65.8 Å². The molecule has 3 aromatic heterocycles. The molecule has 0 aliphatic heterocycles. The third kappa shape index (κ3) is 3.51. The first kappa shape index (κ1) is 15.7. The van der Waals surface area contributed by atoms with Gasteiger partial charge >= 0.3 is 0 Å². The minimum atomic E-state index is 0.128. The summed E-state index contributed by atoms with van der Waals surface area (Å²) in [6.07, 6.45) is 4.18. The van der Waals surface area contributed by atoms with Crippen LogP contribution in [-0.2, 0) is 6.54 Å². The number of anilines is 1. The molecule has 126 valence electrons. The second kappa shape index (κ2) is 6.98. The van der Waals surface area contributed by atoms with Gasteiger partial charge in [-0.3, -0.25) is 4.68 Å². The second-order valence-electron chi connectivity index (χ2n) is 5.81. The number of aryl methyl sites for hydroxylation is 2. The summed E-state index contributed by atoms with van der Waals surface area (Å²) < 4.78 is 1.85. The average molecular weight is 350 g/mol. The zero-order chi connectivity index (χ0) is 17.1. The number of hydrogen-bond donors (Lipinski definition) is 1. The Balaban J connectivity index is 1.64. The Bertz CT molecular complexity index is 948. The number of nitrogens with zero attached hydrogens (tertiary/aromatic N) is 5. The highest BCUT2D eigenvalue weighted by atomic mass is 32.1. The van der Waals surface area contributed by atoms with Crippen molar-refractivity contribution in [1.29, 1.82) is 0 Å². The van der Waals surface area contributed by atoms with Gasteiger partial charge in [0.25, 0.3) is 0 Å². The van der Waals surface area contributed by atoms with Crippen molar-refractivity contribution >= 4 is 27.4 Å². The van der Waals surface area contributed by atoms with Gasteiger partial charge in [0.1, 0.15) is 29.1 Å². The molecule has 1 atom stereocenters. The third-order valence-electron chi connectivity index (χ3n) is 4.06. The third-order valence-corrected chi connectivity index (χ3v) is 4.87. The van der Waals surface area contributed by atoms with Crippen molar-refractivity contribution in [2.75, 3.05) is 5.32 Å². The van der Waals surface area contributed by atoms with Gasteiger partial charge in [-0.2, -0.15) is 5.10 Å². The van der Waals surface area contributed by atoms with E-state index in [-0.39, 0.29) is 6.04 Å². The molecule has 0 bridgehead atoms. The average Bonchev–Trinajstić information content (AvgIpc) is 3.30. The van der Waals surface area contributed by atoms with Crippen LogP contribution in [0.25, 0.3) is 10.2 Å². The van der Waals surface area contributed by atoms with E-state index >= 15 is 0 Å². The van der Waals surface area contributed by atoms with Crippen LogP contribution in [-0.4, -0.2) is 24.7 Å². The fraction of sp³-hybridized carbons (Fsp3) is 0.222. The number of thiophene rings is 1. The van der Waals surface area contributed by atoms with Crippen LogP contribution < -0.4 is 5.32 Å². The Morgan fingerprint density at radius 3 is 2.84 bits per heavy atom. The lowest BCUT2D eigenvalue weighted by atomic mass is 10.0. The van der Waals surface area contributed by atoms with Crippen LogP contribution in [0.4, 0.5) is 5.82 Å². The molecular weight excluding hydrogens is 332 g/mol. The minimum absolute atomic E-state index is 0.128. The molecule has 0 saturated carbocycles. The zero-order valence-electron chi connectivity index (χ0n) is 13.8. The van der Waals surface area contributed by atoms with E-state index in [0.29, 0.717) is 0 Å². The zero-order valence-corrected chi connectivity index (χ0v) is 14.6. The van der Waals surface area contributed by atoms with Crippen molar-refractivity contribution in [2.45, 2.75) is 25.9 Å². The number of fused-ring (bicyclic) bond motifs is 1. The molecule has 6 nitrogen and oxygen atoms in total. The van der Waals surface area contributed by atoms with E-state index in [2.05, 4.69) is 61.1 Å². The van der Waals surface area contributed by atoms with E-state index in [0.717, 1.165) is 34.8 Å². The van der Waals surface area contributed by atoms with E-state index in [1.165, 1.54) is 5.56 Å². The van der Waals surface area contributed by atoms with Gasteiger partial charge in [0, 0.05) is 6.54 Å². The molecule has 1 aromatic carbocycles. The van der Waals surface area contributed by atoms with Crippen LogP contribution in [0.2, 0.25) is 0 Å². The summed E-state index contributed by atoms with van der Waals surface area (Å²) in [5, 5.41) is 10.9. The van der Waals surface area contributed by atoms with Crippen molar-refractivity contribution < 1.29 is 0 Å². The van der Waals surface area contributed by atoms with Crippen LogP contribution in [0.15, 0.2) is 54.4 Å². The standard InChI is InChI=1S/C18H18N6S/c1-13-21-17(15-8-10-25-18(15)22-13)23-16(14-5-3-2-4-6-14)7-9-24-12-19-11-20-24/h2-6,8,10-12,16H,7,9H2,1H3,(H,21,22,23)/t16-/m0/s1. The molecule has 4 rings (SSSR count). The van der Waals surface area contributed by atoms with Gasteiger partial charge < -0.3 is 5.32 Å². The SMILES string of the molecule is Cc1nc(N[C@@H](CCn2cncn2)c2ccccc2)c2ccsc2n1. The summed E-state index contributed by atoms with van der Waals surface area (Å²) in [7, 11) is 0. The highest BCUT2D eigenvalue weighted by molar-refractivity contribution is 7.16. The molecule has 4 aromatic rings. The first-order valence-electron chi connectivity index (χ1n) is 8.15. The maximum atomic E-state index is 4.63. The van der Waals surface area contributed by atoms with Gasteiger partial charge in [0.15, 0.2) is 0 Å². The lowest BCUT2D eigenvalue weighted by molar-refractivity contribution is 0.537. The molecule has 0 radical (unpaired) electrons. The molecule has 3 heterocycles. The topological polar surface area (TPSA) is 68.5 Å². The number of rotatable bonds is 6. The molecule has 0 aliphatic carbocycles. The second-order valence-corrected chi connectivity index (χ2v) is 6.71. The molecule has 0 aliphatic rings. The first-order valence-corrected chi connectivity index (χ1v) is 9.03. The Labute approximate surface area is 149 Å². The Morgan fingerprint density at radius 1 is 1.16 bits per heavy atom. The van der Waals surface area contributed by atoms with Crippen LogP contribution in [0.5, 0.6) is 0 Å². The molecule has 0 unspecified atom stereocenters. The smallest absolute Gasteiger partial charge is 0.138 e. The van der Waals surface area contributed by atoms with Crippen LogP contribution >= 0.6 is 11.3 Å². The van der Waals surface area contributed by atoms with Crippen molar-refractivity contribution in [1.82, 2.24) is 24.7 Å². The van der Waals surface area contributed by atoms with E-state index in [1.54, 1.807) is 24.0 Å². The lowest BCUT2D eigenvalue weighted by Gasteiger charge is -2.20. The number of nitrogens with one attached hydrogen (secondary N) is 1. The molecule has 0 fully saturated rings. The minimum Gasteiger partial charge on any atom is -0.363 e. The van der Waals surface area contributed by atoms with Crippen LogP contribution in [0.1, 0.15) is 23.9 Å². The summed E-state index contributed by atoms with van der Waals surface area (Å²) in [4.78, 5) is 14.2. The normalized spacial score (nSPS) is 12.4. The van der Waals surface area contributed by atoms with Crippen molar-refractivity contribution in [3.8, 4) is 0 Å². The Hall–Kier alpha value is -2.80. The molecular formula is C18H18N6S. The van der Waals surface area contributed by atoms with Gasteiger partial charge in [-0.25, -0.2) is 15.0 Å². The van der Waals surface area contributed by atoms with E-state index in [1.807, 2.05) is 17.7 Å². The van der Waals surface area contributed by atoms with E-state index in [9.17, 15) is 0 Å². The lowest BCUT2D eigenvalue weighted by Crippen LogP contribution is -2.15. The molecule has 0 saturated heterocycles. The summed E-state index contributed by atoms with van der Waals surface area (Å²) in [6.45, 7) is 2.71. The van der Waals surface area contributed by atoms with E-state index < -0.39 is 0 Å². The van der Waals surface area contributed by atoms with Gasteiger partial charge in [-0.05, 0) is 30.4 Å². The summed E-state index contributed by atoms with van der Waals surface area (Å²) in [6, 6.07) is 12.6. The quantitative estimate of drug-likeness (QED) is 0.572. The summed E-state index contributed by atoms with van der Waals surface area (Å²) in [5.41, 5.74) is 1.22. The Morgan fingerprint density at radius 2 is 2.04 bits per heavy atom. The van der Waals surface area contributed by atoms with E-state index in [4.69, 9.17) is 0 Å². The monoisotopic (exact) mass is 350 g/mol. The fourth-order valence-electron chi connectivity index (χ4n) is 2.85. The molecule has 1 N–H and O–H groups in total. The molecule has 0 spiro atoms. The number of hydrogen-bond acceptors (Lipinski definition) is 6. The highest BCUT2D eigenvalue weighted by Crippen LogP contribution is 2.29.